The van der Waals surface area contributed by atoms with Crippen molar-refractivity contribution in [3.8, 4) is 5.69 Å². The van der Waals surface area contributed by atoms with E-state index < -0.39 is 24.2 Å². The fourth-order valence-electron chi connectivity index (χ4n) is 2.39. The quantitative estimate of drug-likeness (QED) is 0.841. The summed E-state index contributed by atoms with van der Waals surface area (Å²) in [5.41, 5.74) is 2.80. The molecule has 7 heteroatoms. The summed E-state index contributed by atoms with van der Waals surface area (Å²) < 4.78 is 1.76. The minimum atomic E-state index is -1.19. The molecule has 2 rings (SSSR count). The summed E-state index contributed by atoms with van der Waals surface area (Å²) >= 11 is 0. The zero-order chi connectivity index (χ0) is 19.1. The smallest absolute Gasteiger partial charge is 0.323 e. The maximum Gasteiger partial charge on any atom is 0.323 e. The summed E-state index contributed by atoms with van der Waals surface area (Å²) in [6, 6.07) is 3.53. The van der Waals surface area contributed by atoms with E-state index in [1.54, 1.807) is 36.3 Å². The molecule has 0 spiro atoms. The standard InChI is InChI=1S/C16H17N3O4.C2H6/c1-10-6-11(2)14(7-13(10)18-5-4-17-9-18)19(8-15(21)22)16(23)12(3)20;1-2/h4-7,9H,8H2,1-3H3,(H,21,22);1-2H3. The van der Waals surface area contributed by atoms with Crippen LogP contribution in [0.5, 0.6) is 0 Å². The van der Waals surface area contributed by atoms with Crippen LogP contribution in [-0.4, -0.2) is 38.9 Å². The van der Waals surface area contributed by atoms with E-state index in [-0.39, 0.29) is 0 Å². The van der Waals surface area contributed by atoms with E-state index >= 15 is 0 Å². The number of carboxylic acid groups (broad SMARTS) is 1. The molecule has 0 aliphatic heterocycles. The molecule has 0 radical (unpaired) electrons. The Morgan fingerprint density at radius 2 is 1.80 bits per heavy atom. The molecule has 0 aliphatic carbocycles. The largest absolute Gasteiger partial charge is 0.480 e. The van der Waals surface area contributed by atoms with Crippen LogP contribution >= 0.6 is 0 Å². The molecule has 1 N–H and O–H groups in total. The SMILES string of the molecule is CC.CC(=O)C(=O)N(CC(=O)O)c1cc(-n2ccnc2)c(C)cc1C. The van der Waals surface area contributed by atoms with Crippen molar-refractivity contribution in [1.82, 2.24) is 9.55 Å². The summed E-state index contributed by atoms with van der Waals surface area (Å²) in [6.07, 6.45) is 4.97. The van der Waals surface area contributed by atoms with Gasteiger partial charge in [0, 0.05) is 25.0 Å². The summed E-state index contributed by atoms with van der Waals surface area (Å²) in [5, 5.41) is 9.05. The van der Waals surface area contributed by atoms with Gasteiger partial charge in [-0.3, -0.25) is 19.3 Å². The molecule has 0 saturated heterocycles. The molecule has 7 nitrogen and oxygen atoms in total. The monoisotopic (exact) mass is 345 g/mol. The molecule has 0 saturated carbocycles. The second-order valence-electron chi connectivity index (χ2n) is 5.24. The highest BCUT2D eigenvalue weighted by atomic mass is 16.4. The number of rotatable bonds is 5. The van der Waals surface area contributed by atoms with Gasteiger partial charge in [0.1, 0.15) is 6.54 Å². The van der Waals surface area contributed by atoms with Crippen LogP contribution in [0.1, 0.15) is 31.9 Å². The number of hydrogen-bond donors (Lipinski definition) is 1. The summed E-state index contributed by atoms with van der Waals surface area (Å²) in [5.74, 6) is -2.75. The normalized spacial score (nSPS) is 9.80. The van der Waals surface area contributed by atoms with Crippen LogP contribution in [0, 0.1) is 13.8 Å². The molecular formula is C18H23N3O4. The Morgan fingerprint density at radius 1 is 1.16 bits per heavy atom. The van der Waals surface area contributed by atoms with Crippen LogP contribution in [-0.2, 0) is 14.4 Å². The Balaban J connectivity index is 0.00000151. The Kier molecular flexibility index (Phi) is 7.05. The molecule has 0 atom stereocenters. The lowest BCUT2D eigenvalue weighted by atomic mass is 10.1. The van der Waals surface area contributed by atoms with E-state index in [0.29, 0.717) is 11.3 Å². The van der Waals surface area contributed by atoms with Crippen molar-refractivity contribution in [2.24, 2.45) is 0 Å². The van der Waals surface area contributed by atoms with Crippen LogP contribution < -0.4 is 4.90 Å². The number of carboxylic acids is 1. The fourth-order valence-corrected chi connectivity index (χ4v) is 2.39. The molecule has 1 amide bonds. The molecule has 2 aromatic rings. The maximum atomic E-state index is 12.1. The number of anilines is 1. The van der Waals surface area contributed by atoms with Crippen molar-refractivity contribution in [3.63, 3.8) is 0 Å². The first kappa shape index (κ1) is 20.1. The lowest BCUT2D eigenvalue weighted by Crippen LogP contribution is -2.39. The van der Waals surface area contributed by atoms with E-state index in [9.17, 15) is 14.4 Å². The molecule has 0 unspecified atom stereocenters. The van der Waals surface area contributed by atoms with Gasteiger partial charge in [0.15, 0.2) is 0 Å². The minimum Gasteiger partial charge on any atom is -0.480 e. The van der Waals surface area contributed by atoms with Crippen molar-refractivity contribution in [1.29, 1.82) is 0 Å². The number of ketones is 1. The van der Waals surface area contributed by atoms with Gasteiger partial charge in [-0.1, -0.05) is 19.9 Å². The number of aliphatic carboxylic acids is 1. The Morgan fingerprint density at radius 3 is 2.28 bits per heavy atom. The lowest BCUT2D eigenvalue weighted by molar-refractivity contribution is -0.138. The molecule has 134 valence electrons. The predicted octanol–water partition coefficient (Wildman–Crippen LogP) is 2.52. The first-order valence-electron chi connectivity index (χ1n) is 7.95. The number of carbonyl (C=O) groups excluding carboxylic acids is 2. The zero-order valence-corrected chi connectivity index (χ0v) is 15.1. The maximum absolute atomic E-state index is 12.1. The topological polar surface area (TPSA) is 92.5 Å². The Labute approximate surface area is 146 Å². The zero-order valence-electron chi connectivity index (χ0n) is 15.1. The Bertz CT molecular complexity index is 767. The fraction of sp³-hybridized carbons (Fsp3) is 0.333. The molecule has 1 aromatic carbocycles. The Hall–Kier alpha value is -2.96. The average Bonchev–Trinajstić information content (AvgIpc) is 3.08. The number of nitrogens with zero attached hydrogens (tertiary/aromatic N) is 3. The number of aryl methyl sites for hydroxylation is 2. The van der Waals surface area contributed by atoms with Gasteiger partial charge >= 0.3 is 5.97 Å². The van der Waals surface area contributed by atoms with E-state index in [1.807, 2.05) is 26.8 Å². The first-order chi connectivity index (χ1) is 11.8. The summed E-state index contributed by atoms with van der Waals surface area (Å²) in [7, 11) is 0. The van der Waals surface area contributed by atoms with E-state index in [4.69, 9.17) is 5.11 Å². The first-order valence-corrected chi connectivity index (χ1v) is 7.95. The number of benzene rings is 1. The van der Waals surface area contributed by atoms with E-state index in [1.165, 1.54) is 0 Å². The molecule has 0 bridgehead atoms. The molecule has 1 heterocycles. The van der Waals surface area contributed by atoms with Crippen LogP contribution in [0.15, 0.2) is 30.9 Å². The van der Waals surface area contributed by atoms with E-state index in [2.05, 4.69) is 4.98 Å². The van der Waals surface area contributed by atoms with Crippen LogP contribution in [0.2, 0.25) is 0 Å². The van der Waals surface area contributed by atoms with Gasteiger partial charge in [-0.25, -0.2) is 4.98 Å². The number of aromatic nitrogens is 2. The van der Waals surface area contributed by atoms with Crippen LogP contribution in [0.25, 0.3) is 5.69 Å². The van der Waals surface area contributed by atoms with Crippen molar-refractivity contribution >= 4 is 23.3 Å². The van der Waals surface area contributed by atoms with Gasteiger partial charge in [-0.2, -0.15) is 0 Å². The number of imidazole rings is 1. The minimum absolute atomic E-state index is 0.391. The number of hydrogen-bond acceptors (Lipinski definition) is 4. The summed E-state index contributed by atoms with van der Waals surface area (Å²) in [4.78, 5) is 39.6. The van der Waals surface area contributed by atoms with Gasteiger partial charge in [-0.15, -0.1) is 0 Å². The van der Waals surface area contributed by atoms with Crippen molar-refractivity contribution in [2.45, 2.75) is 34.6 Å². The third kappa shape index (κ3) is 4.76. The second-order valence-corrected chi connectivity index (χ2v) is 5.24. The molecular weight excluding hydrogens is 322 g/mol. The number of carbonyl (C=O) groups is 3. The summed E-state index contributed by atoms with van der Waals surface area (Å²) in [6.45, 7) is 8.21. The average molecular weight is 345 g/mol. The molecule has 25 heavy (non-hydrogen) atoms. The van der Waals surface area contributed by atoms with Gasteiger partial charge in [0.25, 0.3) is 5.91 Å². The third-order valence-corrected chi connectivity index (χ3v) is 3.43. The number of amides is 1. The highest BCUT2D eigenvalue weighted by Crippen LogP contribution is 2.27. The van der Waals surface area contributed by atoms with Crippen LogP contribution in [0.4, 0.5) is 5.69 Å². The lowest BCUT2D eigenvalue weighted by Gasteiger charge is -2.23. The highest BCUT2D eigenvalue weighted by molar-refractivity contribution is 6.41. The van der Waals surface area contributed by atoms with Gasteiger partial charge in [0.2, 0.25) is 5.78 Å². The second kappa shape index (κ2) is 8.77. The van der Waals surface area contributed by atoms with Gasteiger partial charge in [-0.05, 0) is 31.0 Å². The molecule has 0 fully saturated rings. The van der Waals surface area contributed by atoms with Gasteiger partial charge in [0.05, 0.1) is 12.0 Å². The molecule has 0 aliphatic rings. The van der Waals surface area contributed by atoms with Crippen molar-refractivity contribution < 1.29 is 19.5 Å². The van der Waals surface area contributed by atoms with Gasteiger partial charge < -0.3 is 9.67 Å². The molecule has 1 aromatic heterocycles. The van der Waals surface area contributed by atoms with Crippen molar-refractivity contribution in [2.75, 3.05) is 11.4 Å². The van der Waals surface area contributed by atoms with Crippen molar-refractivity contribution in [3.05, 3.63) is 42.0 Å². The van der Waals surface area contributed by atoms with Crippen LogP contribution in [0.3, 0.4) is 0 Å². The highest BCUT2D eigenvalue weighted by Gasteiger charge is 2.24. The third-order valence-electron chi connectivity index (χ3n) is 3.43. The predicted molar refractivity (Wildman–Crippen MR) is 95.1 cm³/mol. The van der Waals surface area contributed by atoms with E-state index in [0.717, 1.165) is 23.1 Å². The number of Topliss-reactive ketones (excluding diaryl/α,β-unsaturated/α-hetero) is 1.